The predicted octanol–water partition coefficient (Wildman–Crippen LogP) is -6.98. The molecular weight excluding hydrogens is 1610 g/mol. The Morgan fingerprint density at radius 2 is 0.777 bits per heavy atom. The monoisotopic (exact) mass is 1730 g/mol. The lowest BCUT2D eigenvalue weighted by molar-refractivity contribution is -0.396. The summed E-state index contributed by atoms with van der Waals surface area (Å²) in [6.45, 7) is 8.62. The van der Waals surface area contributed by atoms with Gasteiger partial charge < -0.3 is 179 Å². The van der Waals surface area contributed by atoms with Crippen LogP contribution in [0.5, 0.6) is 0 Å². The van der Waals surface area contributed by atoms with E-state index in [1.54, 1.807) is 24.3 Å². The molecule has 121 heavy (non-hydrogen) atoms. The van der Waals surface area contributed by atoms with Crippen LogP contribution in [0, 0.1) is 50.2 Å². The zero-order valence-electron chi connectivity index (χ0n) is 68.1. The van der Waals surface area contributed by atoms with Gasteiger partial charge in [-0.1, -0.05) is 71.4 Å². The van der Waals surface area contributed by atoms with Crippen molar-refractivity contribution in [3.63, 3.8) is 0 Å². The number of rotatable bonds is 11. The van der Waals surface area contributed by atoms with Gasteiger partial charge in [-0.25, -0.2) is 4.68 Å². The molecule has 44 atom stereocenters. The van der Waals surface area contributed by atoms with Crippen LogP contribution in [0.3, 0.4) is 0 Å². The first-order valence-electron chi connectivity index (χ1n) is 41.9. The van der Waals surface area contributed by atoms with E-state index in [2.05, 4.69) is 57.2 Å². The molecule has 22 heterocycles. The lowest BCUT2D eigenvalue weighted by Gasteiger charge is -2.70. The number of anilines is 1. The quantitative estimate of drug-likeness (QED) is 0.0994. The van der Waals surface area contributed by atoms with Gasteiger partial charge in [0.1, 0.15) is 177 Å². The molecule has 21 saturated heterocycles. The second-order valence-electron chi connectivity index (χ2n) is 37.5. The van der Waals surface area contributed by atoms with E-state index in [1.807, 2.05) is 13.0 Å². The summed E-state index contributed by atoms with van der Waals surface area (Å²) >= 11 is 0. The highest BCUT2D eigenvalue weighted by Crippen LogP contribution is 2.75. The minimum absolute atomic E-state index is 0.0392. The zero-order valence-corrected chi connectivity index (χ0v) is 68.1. The third-order valence-corrected chi connectivity index (χ3v) is 30.0. The molecule has 41 nitrogen and oxygen atoms in total. The number of nitrogens with zero attached hydrogens (tertiary/aromatic N) is 3. The summed E-state index contributed by atoms with van der Waals surface area (Å²) in [4.78, 5) is 29.9. The van der Waals surface area contributed by atoms with Crippen molar-refractivity contribution in [2.45, 2.75) is 334 Å². The Labute approximate surface area is 695 Å². The smallest absolute Gasteiger partial charge is 0.230 e. The van der Waals surface area contributed by atoms with Crippen LogP contribution in [0.1, 0.15) is 106 Å². The fourth-order valence-electron chi connectivity index (χ4n) is 22.5. The van der Waals surface area contributed by atoms with Crippen LogP contribution >= 0.6 is 0 Å². The number of fused-ring (bicyclic) bond motifs is 7. The number of aromatic nitrogens is 3. The van der Waals surface area contributed by atoms with Crippen molar-refractivity contribution in [1.29, 1.82) is 0 Å². The Morgan fingerprint density at radius 3 is 1.14 bits per heavy atom. The molecule has 41 heteroatoms. The van der Waals surface area contributed by atoms with Gasteiger partial charge in [0.2, 0.25) is 5.91 Å². The van der Waals surface area contributed by atoms with Gasteiger partial charge in [-0.15, -0.1) is 5.10 Å². The van der Waals surface area contributed by atoms with E-state index >= 15 is 4.79 Å². The maximum Gasteiger partial charge on any atom is 0.230 e. The number of ketones is 1. The third-order valence-electron chi connectivity index (χ3n) is 30.0. The molecule has 0 spiro atoms. The summed E-state index contributed by atoms with van der Waals surface area (Å²) < 4.78 is 84.1. The Bertz CT molecular complexity index is 3930. The van der Waals surface area contributed by atoms with Gasteiger partial charge in [0.25, 0.3) is 0 Å². The topological polar surface area (TPSA) is 631 Å². The molecule has 21 aliphatic heterocycles. The Kier molecular flexibility index (Phi) is 26.5. The molecule has 1 aromatic carbocycles. The van der Waals surface area contributed by atoms with E-state index in [-0.39, 0.29) is 62.2 Å². The summed E-state index contributed by atoms with van der Waals surface area (Å²) in [7, 11) is 0. The molecule has 4 saturated carbocycles. The number of benzene rings is 1. The van der Waals surface area contributed by atoms with E-state index in [4.69, 9.17) is 66.3 Å². The summed E-state index contributed by atoms with van der Waals surface area (Å²) in [5, 5.41) is 251. The van der Waals surface area contributed by atoms with Gasteiger partial charge in [-0.05, 0) is 115 Å². The lowest BCUT2D eigenvalue weighted by Crippen LogP contribution is -2.68. The van der Waals surface area contributed by atoms with Gasteiger partial charge in [0.05, 0.1) is 58.5 Å². The molecule has 26 aliphatic rings. The number of nitrogens with one attached hydrogen (secondary N) is 1. The second-order valence-corrected chi connectivity index (χ2v) is 37.5. The molecule has 22 N–H and O–H groups in total. The van der Waals surface area contributed by atoms with Crippen molar-refractivity contribution in [2.24, 2.45) is 50.2 Å². The first-order valence-corrected chi connectivity index (χ1v) is 41.9. The number of carbonyl (C=O) groups excluding carboxylic acids is 2. The maximum atomic E-state index is 15.1. The van der Waals surface area contributed by atoms with Crippen molar-refractivity contribution >= 4 is 17.4 Å². The number of ether oxygens (including phenoxy) is 14. The van der Waals surface area contributed by atoms with Gasteiger partial charge in [-0.2, -0.15) is 0 Å². The van der Waals surface area contributed by atoms with Crippen molar-refractivity contribution in [1.82, 2.24) is 15.0 Å². The molecule has 5 aliphatic carbocycles. The molecule has 14 bridgehead atoms. The maximum absolute atomic E-state index is 15.1. The summed E-state index contributed by atoms with van der Waals surface area (Å²) in [6, 6.07) is 6.76. The number of carbonyl (C=O) groups is 2. The molecule has 28 rings (SSSR count). The zero-order chi connectivity index (χ0) is 87.1. The highest BCUT2D eigenvalue weighted by atomic mass is 16.8. The standard InChI is InChI=1S/C80H120N4O37/c1-75(2)43-12-15-80(7)66(78(43,5)14-13-44(75)92)35(91)20-32-33-21-77(4,17-16-76(33,3)18-19-79(32,80)6)74(107)81-31-10-8-30(9-11-31)34-22-84(83-82-34)23-36-59-45(93)52(100)67(108-36)116-60-37(24-85)110-69(54(102)47(60)95)118-62-39(26-87)112-71(56(104)49(62)97)120-64-41(28-89)114-73(58(106)51(64)99)121-65-42(29-90)113-72(57(105)50(65)98)119-63-40(27-88)111-70(55(103)48(63)96)117-61-38(25-86)109-68(115-59)53(101)46(61)94/h8-11,20,22,33,36-73,85-90,92-106H,12-19,21,23-29H2,1-7H3,(H,81,107)/t33-,36+,37+,38+,39+,40+,41+,42+,43-,44-,45+,46+,47+,48+,49+,50+,51+,52+,53+,54+,55+,56+,57+,58+,59+,60+,61+,62+,63+,64+,65+,66+,67+,68+,69+,70+,71+,72+,73+,76+,77-,78-,79+,80+/m0/s1. The molecule has 0 radical (unpaired) electrons. The van der Waals surface area contributed by atoms with Crippen LogP contribution < -0.4 is 5.32 Å². The normalized spacial score (nSPS) is 51.5. The predicted molar refractivity (Wildman–Crippen MR) is 401 cm³/mol. The largest absolute Gasteiger partial charge is 0.394 e. The number of amides is 1. The lowest BCUT2D eigenvalue weighted by atomic mass is 9.33. The fourth-order valence-corrected chi connectivity index (χ4v) is 22.5. The van der Waals surface area contributed by atoms with Crippen LogP contribution in [0.25, 0.3) is 11.3 Å². The van der Waals surface area contributed by atoms with Crippen molar-refractivity contribution in [3.8, 4) is 11.3 Å². The van der Waals surface area contributed by atoms with E-state index < -0.39 is 273 Å². The van der Waals surface area contributed by atoms with Crippen molar-refractivity contribution in [2.75, 3.05) is 45.0 Å². The van der Waals surface area contributed by atoms with Crippen LogP contribution in [-0.2, 0) is 82.4 Å². The Hall–Kier alpha value is -4.16. The number of hydrogen-bond acceptors (Lipinski definition) is 39. The average Bonchev–Trinajstić information content (AvgIpc) is 0.746. The molecule has 2 aromatic rings. The van der Waals surface area contributed by atoms with Crippen LogP contribution in [0.2, 0.25) is 0 Å². The van der Waals surface area contributed by atoms with Gasteiger partial charge in [0.15, 0.2) is 49.8 Å². The molecule has 25 fully saturated rings. The minimum Gasteiger partial charge on any atom is -0.394 e. The van der Waals surface area contributed by atoms with Crippen LogP contribution in [-0.4, -0.2) is 395 Å². The molecule has 1 amide bonds. The first-order chi connectivity index (χ1) is 57.2. The SMILES string of the molecule is CC1(C)[C@@H](O)CC[C@]2(C)[C@H]3C(=O)C=C4[C@@H]5C[C@@](C)(C(=O)Nc6ccc(-c7cn(C[C@H]8O[C@@H]9O[C@H]%10[C@H](O)[C@@H](O)[C@@H](O[C@H]%11[C@H](O)[C@@H](O)[C@@H](O[C@H]%12[C@H](O)[C@@H](O)[C@@H](O[C@H]%13[C@H](O)[C@@H](O)[C@@H](O[C@H]%14[C@H](O)[C@@H](O)[C@@H](O[C@H]%15[C@H](O)[C@@H](O)[C@@H](O[C@H]8[C@H](O)[C@H]9O)O[C@@H]%15CO)O[C@@H]%14CO)O[C@@H]%13CO)O[C@@H]%12CO)O[C@@H]%11CO)O[C@@H]%10CO)nn7)cc6)CC[C@]5(C)CC[C@@]4(C)[C@]3(C)CC[C@@H]12. The molecule has 0 unspecified atom stereocenters. The average molecular weight is 1730 g/mol. The van der Waals surface area contributed by atoms with Gasteiger partial charge >= 0.3 is 0 Å². The number of aliphatic hydroxyl groups excluding tert-OH is 21. The number of aliphatic hydroxyl groups is 21. The van der Waals surface area contributed by atoms with E-state index in [1.165, 1.54) is 10.9 Å². The van der Waals surface area contributed by atoms with Gasteiger partial charge in [-0.3, -0.25) is 9.59 Å². The third kappa shape index (κ3) is 15.9. The summed E-state index contributed by atoms with van der Waals surface area (Å²) in [5.41, 5.74) is 0.1000. The Balaban J connectivity index is 0.679. The Morgan fingerprint density at radius 1 is 0.430 bits per heavy atom. The van der Waals surface area contributed by atoms with E-state index in [9.17, 15) is 112 Å². The fraction of sp³-hybridized carbons (Fsp3) is 0.850. The highest BCUT2D eigenvalue weighted by molar-refractivity contribution is 5.97. The molecule has 682 valence electrons. The molecule has 1 aromatic heterocycles. The highest BCUT2D eigenvalue weighted by Gasteiger charge is 2.71. The van der Waals surface area contributed by atoms with Crippen LogP contribution in [0.15, 0.2) is 42.1 Å². The van der Waals surface area contributed by atoms with E-state index in [0.717, 1.165) is 44.1 Å². The second kappa shape index (κ2) is 35.0. The summed E-state index contributed by atoms with van der Waals surface area (Å²) in [6.07, 6.45) is -61.8. The van der Waals surface area contributed by atoms with Crippen molar-refractivity contribution < 1.29 is 183 Å². The van der Waals surface area contributed by atoms with Gasteiger partial charge in [0, 0.05) is 22.6 Å². The number of hydrogen-bond donors (Lipinski definition) is 22. The minimum atomic E-state index is -2.28. The summed E-state index contributed by atoms with van der Waals surface area (Å²) in [5.74, 6) is -0.0913. The van der Waals surface area contributed by atoms with Crippen molar-refractivity contribution in [3.05, 3.63) is 42.1 Å². The first kappa shape index (κ1) is 91.6. The number of allylic oxidation sites excluding steroid dienone is 2. The van der Waals surface area contributed by atoms with Crippen LogP contribution in [0.4, 0.5) is 5.69 Å². The molecular formula is C80H120N4O37. The van der Waals surface area contributed by atoms with E-state index in [0.29, 0.717) is 30.5 Å².